The summed E-state index contributed by atoms with van der Waals surface area (Å²) >= 11 is 0. The van der Waals surface area contributed by atoms with Gasteiger partial charge in [-0.3, -0.25) is 19.8 Å². The first-order chi connectivity index (χ1) is 14.7. The molecule has 154 valence electrons. The van der Waals surface area contributed by atoms with Gasteiger partial charge in [0.15, 0.2) is 0 Å². The van der Waals surface area contributed by atoms with Gasteiger partial charge in [-0.2, -0.15) is 5.10 Å². The van der Waals surface area contributed by atoms with E-state index in [2.05, 4.69) is 24.9 Å². The SMILES string of the molecule is O=C1NC(=O)C(n2cncn2)=C1c1cn(CCCN2CCOCC2)c2ccccc12. The lowest BCUT2D eigenvalue weighted by molar-refractivity contribution is -0.123. The van der Waals surface area contributed by atoms with Gasteiger partial charge < -0.3 is 9.30 Å². The molecule has 1 aromatic carbocycles. The average molecular weight is 406 g/mol. The molecule has 1 N–H and O–H groups in total. The first-order valence-corrected chi connectivity index (χ1v) is 10.1. The molecule has 4 heterocycles. The number of fused-ring (bicyclic) bond motifs is 1. The Balaban J connectivity index is 1.50. The summed E-state index contributed by atoms with van der Waals surface area (Å²) in [5, 5.41) is 7.39. The van der Waals surface area contributed by atoms with Crippen LogP contribution in [0.1, 0.15) is 12.0 Å². The standard InChI is InChI=1S/C21H22N6O3/c28-20-18(19(21(29)24-20)27-14-22-13-23-27)16-12-26(17-5-2-1-4-15(16)17)7-3-6-25-8-10-30-11-9-25/h1-2,4-5,12-14H,3,6-11H2,(H,24,28,29). The van der Waals surface area contributed by atoms with Crippen molar-refractivity contribution < 1.29 is 14.3 Å². The van der Waals surface area contributed by atoms with Crippen molar-refractivity contribution >= 4 is 34.0 Å². The van der Waals surface area contributed by atoms with Crippen LogP contribution in [0.3, 0.4) is 0 Å². The lowest BCUT2D eigenvalue weighted by Gasteiger charge is -2.26. The quantitative estimate of drug-likeness (QED) is 0.614. The van der Waals surface area contributed by atoms with Gasteiger partial charge in [-0.15, -0.1) is 0 Å². The number of ether oxygens (including phenoxy) is 1. The molecule has 5 rings (SSSR count). The number of aromatic nitrogens is 4. The summed E-state index contributed by atoms with van der Waals surface area (Å²) < 4.78 is 8.92. The molecule has 1 fully saturated rings. The van der Waals surface area contributed by atoms with Crippen LogP contribution in [0.25, 0.3) is 22.2 Å². The Hall–Kier alpha value is -3.30. The average Bonchev–Trinajstić information content (AvgIpc) is 3.47. The lowest BCUT2D eigenvalue weighted by atomic mass is 10.0. The molecule has 30 heavy (non-hydrogen) atoms. The maximum Gasteiger partial charge on any atom is 0.277 e. The van der Waals surface area contributed by atoms with Crippen molar-refractivity contribution in [3.63, 3.8) is 0 Å². The summed E-state index contributed by atoms with van der Waals surface area (Å²) in [6.07, 6.45) is 5.72. The third kappa shape index (κ3) is 3.31. The van der Waals surface area contributed by atoms with Gasteiger partial charge in [0, 0.05) is 48.8 Å². The molecule has 2 aliphatic rings. The van der Waals surface area contributed by atoms with Gasteiger partial charge in [0.05, 0.1) is 18.8 Å². The van der Waals surface area contributed by atoms with E-state index in [4.69, 9.17) is 4.74 Å². The molecule has 0 bridgehead atoms. The molecule has 2 amide bonds. The van der Waals surface area contributed by atoms with E-state index in [0.717, 1.165) is 62.3 Å². The van der Waals surface area contributed by atoms with Crippen LogP contribution >= 0.6 is 0 Å². The first-order valence-electron chi connectivity index (χ1n) is 10.1. The second-order valence-electron chi connectivity index (χ2n) is 7.41. The van der Waals surface area contributed by atoms with Gasteiger partial charge in [0.1, 0.15) is 18.4 Å². The third-order valence-electron chi connectivity index (χ3n) is 5.59. The summed E-state index contributed by atoms with van der Waals surface area (Å²) in [7, 11) is 0. The van der Waals surface area contributed by atoms with Gasteiger partial charge in [-0.1, -0.05) is 18.2 Å². The van der Waals surface area contributed by atoms with E-state index in [1.807, 2.05) is 30.5 Å². The molecule has 0 aliphatic carbocycles. The van der Waals surface area contributed by atoms with E-state index in [9.17, 15) is 9.59 Å². The largest absolute Gasteiger partial charge is 0.379 e. The number of hydrogen-bond acceptors (Lipinski definition) is 6. The molecule has 0 radical (unpaired) electrons. The lowest BCUT2D eigenvalue weighted by Crippen LogP contribution is -2.37. The van der Waals surface area contributed by atoms with Crippen LogP contribution in [-0.2, 0) is 20.9 Å². The van der Waals surface area contributed by atoms with Crippen LogP contribution in [0.15, 0.2) is 43.1 Å². The van der Waals surface area contributed by atoms with Crippen molar-refractivity contribution in [2.45, 2.75) is 13.0 Å². The van der Waals surface area contributed by atoms with Gasteiger partial charge in [-0.05, 0) is 12.5 Å². The Bertz CT molecular complexity index is 1130. The van der Waals surface area contributed by atoms with Crippen molar-refractivity contribution in [2.75, 3.05) is 32.8 Å². The van der Waals surface area contributed by atoms with Gasteiger partial charge >= 0.3 is 0 Å². The van der Waals surface area contributed by atoms with Crippen LogP contribution in [0.4, 0.5) is 0 Å². The summed E-state index contributed by atoms with van der Waals surface area (Å²) in [6.45, 7) is 5.33. The van der Waals surface area contributed by atoms with Crippen LogP contribution in [0.2, 0.25) is 0 Å². The Kier molecular flexibility index (Phi) is 4.89. The molecule has 9 heteroatoms. The molecule has 1 saturated heterocycles. The zero-order valence-corrected chi connectivity index (χ0v) is 16.5. The van der Waals surface area contributed by atoms with Crippen molar-refractivity contribution in [3.8, 4) is 0 Å². The predicted octanol–water partition coefficient (Wildman–Crippen LogP) is 0.980. The molecule has 2 aliphatic heterocycles. The number of hydrogen-bond donors (Lipinski definition) is 1. The molecule has 9 nitrogen and oxygen atoms in total. The zero-order valence-electron chi connectivity index (χ0n) is 16.5. The van der Waals surface area contributed by atoms with E-state index in [1.54, 1.807) is 0 Å². The van der Waals surface area contributed by atoms with Gasteiger partial charge in [0.2, 0.25) is 0 Å². The topological polar surface area (TPSA) is 94.3 Å². The summed E-state index contributed by atoms with van der Waals surface area (Å²) in [5.74, 6) is -0.883. The third-order valence-corrected chi connectivity index (χ3v) is 5.59. The molecule has 0 saturated carbocycles. The van der Waals surface area contributed by atoms with E-state index < -0.39 is 11.8 Å². The minimum atomic E-state index is -0.468. The number of aryl methyl sites for hydroxylation is 1. The number of para-hydroxylation sites is 1. The van der Waals surface area contributed by atoms with E-state index in [-0.39, 0.29) is 5.70 Å². The highest BCUT2D eigenvalue weighted by atomic mass is 16.5. The maximum atomic E-state index is 12.7. The molecule has 0 atom stereocenters. The number of nitrogens with zero attached hydrogens (tertiary/aromatic N) is 5. The zero-order chi connectivity index (χ0) is 20.5. The molecular formula is C21H22N6O3. The van der Waals surface area contributed by atoms with Crippen molar-refractivity contribution in [3.05, 3.63) is 48.7 Å². The minimum Gasteiger partial charge on any atom is -0.379 e. The first kappa shape index (κ1) is 18.7. The maximum absolute atomic E-state index is 12.7. The number of imide groups is 1. The number of carbonyl (C=O) groups is 2. The fourth-order valence-corrected chi connectivity index (χ4v) is 4.16. The fraction of sp³-hybridized carbons (Fsp3) is 0.333. The smallest absolute Gasteiger partial charge is 0.277 e. The summed E-state index contributed by atoms with van der Waals surface area (Å²) in [4.78, 5) is 31.5. The number of benzene rings is 1. The van der Waals surface area contributed by atoms with Gasteiger partial charge in [0.25, 0.3) is 11.8 Å². The summed E-state index contributed by atoms with van der Waals surface area (Å²) in [5.41, 5.74) is 2.29. The Labute approximate surface area is 172 Å². The second kappa shape index (κ2) is 7.85. The molecule has 3 aromatic rings. The molecule has 0 spiro atoms. The van der Waals surface area contributed by atoms with Crippen LogP contribution in [0, 0.1) is 0 Å². The molecule has 0 unspecified atom stereocenters. The normalized spacial score (nSPS) is 17.9. The second-order valence-corrected chi connectivity index (χ2v) is 7.41. The van der Waals surface area contributed by atoms with Crippen molar-refractivity contribution in [1.82, 2.24) is 29.5 Å². The monoisotopic (exact) mass is 406 g/mol. The highest BCUT2D eigenvalue weighted by Gasteiger charge is 2.34. The molecule has 2 aromatic heterocycles. The van der Waals surface area contributed by atoms with E-state index in [0.29, 0.717) is 5.57 Å². The number of amides is 2. The van der Waals surface area contributed by atoms with Gasteiger partial charge in [-0.25, -0.2) is 9.67 Å². The van der Waals surface area contributed by atoms with Crippen molar-refractivity contribution in [1.29, 1.82) is 0 Å². The van der Waals surface area contributed by atoms with Crippen LogP contribution in [-0.4, -0.2) is 68.9 Å². The fourth-order valence-electron chi connectivity index (χ4n) is 4.16. The molecular weight excluding hydrogens is 384 g/mol. The van der Waals surface area contributed by atoms with Crippen LogP contribution in [0.5, 0.6) is 0 Å². The Morgan fingerprint density at radius 3 is 2.70 bits per heavy atom. The predicted molar refractivity (Wildman–Crippen MR) is 110 cm³/mol. The van der Waals surface area contributed by atoms with E-state index in [1.165, 1.54) is 17.3 Å². The van der Waals surface area contributed by atoms with Crippen molar-refractivity contribution in [2.24, 2.45) is 0 Å². The summed E-state index contributed by atoms with van der Waals surface area (Å²) in [6, 6.07) is 7.94. The Morgan fingerprint density at radius 1 is 1.07 bits per heavy atom. The number of nitrogens with one attached hydrogen (secondary N) is 1. The number of carbonyl (C=O) groups excluding carboxylic acids is 2. The van der Waals surface area contributed by atoms with E-state index >= 15 is 0 Å². The number of morpholine rings is 1. The highest BCUT2D eigenvalue weighted by molar-refractivity contribution is 6.47. The Morgan fingerprint density at radius 2 is 1.90 bits per heavy atom. The van der Waals surface area contributed by atoms with Crippen LogP contribution < -0.4 is 5.32 Å². The minimum absolute atomic E-state index is 0.203. The number of rotatable bonds is 6. The highest BCUT2D eigenvalue weighted by Crippen LogP contribution is 2.33.